The second-order valence-corrected chi connectivity index (χ2v) is 6.20. The highest BCUT2D eigenvalue weighted by Crippen LogP contribution is 2.23. The first-order valence-corrected chi connectivity index (χ1v) is 8.32. The monoisotopic (exact) mass is 301 g/mol. The Morgan fingerprint density at radius 1 is 1.09 bits per heavy atom. The standard InChI is InChI=1S/C19H29N2O/c1-7-20-15(5)16(6)21(13-14(3)4)19(20)17-9-11-18(12-10-17)22-8-2/h9-12,14H,7-8,13H2,1-6H3/q+1. The highest BCUT2D eigenvalue weighted by Gasteiger charge is 2.26. The normalized spacial score (nSPS) is 11.2. The molecule has 0 saturated heterocycles. The van der Waals surface area contributed by atoms with Crippen LogP contribution in [-0.2, 0) is 13.1 Å². The van der Waals surface area contributed by atoms with E-state index in [-0.39, 0.29) is 0 Å². The van der Waals surface area contributed by atoms with E-state index in [0.717, 1.165) is 18.8 Å². The summed E-state index contributed by atoms with van der Waals surface area (Å²) >= 11 is 0. The summed E-state index contributed by atoms with van der Waals surface area (Å²) in [5.74, 6) is 2.86. The zero-order valence-electron chi connectivity index (χ0n) is 14.8. The van der Waals surface area contributed by atoms with Gasteiger partial charge in [0.15, 0.2) is 0 Å². The van der Waals surface area contributed by atoms with Crippen molar-refractivity contribution in [3.8, 4) is 17.1 Å². The van der Waals surface area contributed by atoms with E-state index in [1.54, 1.807) is 0 Å². The van der Waals surface area contributed by atoms with Crippen LogP contribution in [0.1, 0.15) is 39.1 Å². The van der Waals surface area contributed by atoms with Gasteiger partial charge in [0.25, 0.3) is 5.82 Å². The molecular weight excluding hydrogens is 272 g/mol. The summed E-state index contributed by atoms with van der Waals surface area (Å²) in [7, 11) is 0. The summed E-state index contributed by atoms with van der Waals surface area (Å²) in [6.07, 6.45) is 0. The molecule has 1 aromatic carbocycles. The molecule has 0 N–H and O–H groups in total. The molecule has 0 saturated carbocycles. The molecule has 0 bridgehead atoms. The predicted molar refractivity (Wildman–Crippen MR) is 91.2 cm³/mol. The molecule has 22 heavy (non-hydrogen) atoms. The third-order valence-electron chi connectivity index (χ3n) is 4.13. The molecule has 120 valence electrons. The lowest BCUT2D eigenvalue weighted by atomic mass is 10.1. The minimum Gasteiger partial charge on any atom is -0.494 e. The Bertz CT molecular complexity index is 624. The van der Waals surface area contributed by atoms with Gasteiger partial charge in [-0.1, -0.05) is 13.8 Å². The Morgan fingerprint density at radius 3 is 2.23 bits per heavy atom. The molecule has 3 nitrogen and oxygen atoms in total. The van der Waals surface area contributed by atoms with Crippen LogP contribution < -0.4 is 9.30 Å². The number of ether oxygens (including phenoxy) is 1. The van der Waals surface area contributed by atoms with Gasteiger partial charge in [-0.05, 0) is 44.0 Å². The second-order valence-electron chi connectivity index (χ2n) is 6.20. The van der Waals surface area contributed by atoms with Crippen molar-refractivity contribution in [2.45, 2.75) is 54.6 Å². The molecular formula is C19H29N2O+. The van der Waals surface area contributed by atoms with Gasteiger partial charge in [0.2, 0.25) is 0 Å². The molecule has 2 aromatic rings. The van der Waals surface area contributed by atoms with Gasteiger partial charge in [-0.3, -0.25) is 0 Å². The van der Waals surface area contributed by atoms with Gasteiger partial charge in [-0.25, -0.2) is 9.13 Å². The largest absolute Gasteiger partial charge is 0.494 e. The Hall–Kier alpha value is -1.77. The van der Waals surface area contributed by atoms with E-state index in [0.29, 0.717) is 12.5 Å². The molecule has 1 heterocycles. The fourth-order valence-electron chi connectivity index (χ4n) is 3.01. The number of hydrogen-bond acceptors (Lipinski definition) is 1. The van der Waals surface area contributed by atoms with Crippen molar-refractivity contribution >= 4 is 0 Å². The van der Waals surface area contributed by atoms with Crippen molar-refractivity contribution in [3.05, 3.63) is 35.7 Å². The molecule has 0 aliphatic carbocycles. The van der Waals surface area contributed by atoms with Crippen molar-refractivity contribution in [1.29, 1.82) is 0 Å². The maximum absolute atomic E-state index is 5.56. The van der Waals surface area contributed by atoms with Crippen LogP contribution >= 0.6 is 0 Å². The minimum atomic E-state index is 0.622. The van der Waals surface area contributed by atoms with Gasteiger partial charge in [0.05, 0.1) is 25.3 Å². The fourth-order valence-corrected chi connectivity index (χ4v) is 3.01. The summed E-state index contributed by atoms with van der Waals surface area (Å²) < 4.78 is 10.4. The van der Waals surface area contributed by atoms with Crippen LogP contribution in [0.5, 0.6) is 5.75 Å². The Kier molecular flexibility index (Phi) is 5.28. The summed E-state index contributed by atoms with van der Waals surface area (Å²) in [6.45, 7) is 15.9. The van der Waals surface area contributed by atoms with Crippen LogP contribution in [0.3, 0.4) is 0 Å². The quantitative estimate of drug-likeness (QED) is 0.734. The van der Waals surface area contributed by atoms with Gasteiger partial charge in [0.1, 0.15) is 17.1 Å². The molecule has 0 spiro atoms. The zero-order valence-corrected chi connectivity index (χ0v) is 14.8. The summed E-state index contributed by atoms with van der Waals surface area (Å²) in [4.78, 5) is 0. The summed E-state index contributed by atoms with van der Waals surface area (Å²) in [6, 6.07) is 8.47. The smallest absolute Gasteiger partial charge is 0.289 e. The van der Waals surface area contributed by atoms with Crippen LogP contribution in [0.2, 0.25) is 0 Å². The SMILES string of the molecule is CCOc1ccc(-c2n(CC)c(C)c(C)[n+]2CC(C)C)cc1. The number of imidazole rings is 1. The van der Waals surface area contributed by atoms with E-state index < -0.39 is 0 Å². The van der Waals surface area contributed by atoms with E-state index in [2.05, 4.69) is 68.0 Å². The summed E-state index contributed by atoms with van der Waals surface area (Å²) in [5.41, 5.74) is 3.97. The van der Waals surface area contributed by atoms with Gasteiger partial charge in [0, 0.05) is 13.8 Å². The van der Waals surface area contributed by atoms with Crippen molar-refractivity contribution in [2.24, 2.45) is 5.92 Å². The number of nitrogens with zero attached hydrogens (tertiary/aromatic N) is 2. The van der Waals surface area contributed by atoms with Crippen LogP contribution in [0.25, 0.3) is 11.4 Å². The van der Waals surface area contributed by atoms with Crippen LogP contribution in [0, 0.1) is 19.8 Å². The number of aromatic nitrogens is 2. The van der Waals surface area contributed by atoms with Crippen molar-refractivity contribution in [1.82, 2.24) is 4.57 Å². The average molecular weight is 301 g/mol. The molecule has 0 amide bonds. The lowest BCUT2D eigenvalue weighted by Crippen LogP contribution is -2.40. The Labute approximate surface area is 134 Å². The Balaban J connectivity index is 2.54. The highest BCUT2D eigenvalue weighted by molar-refractivity contribution is 5.55. The highest BCUT2D eigenvalue weighted by atomic mass is 16.5. The third-order valence-corrected chi connectivity index (χ3v) is 4.13. The van der Waals surface area contributed by atoms with Gasteiger partial charge >= 0.3 is 0 Å². The van der Waals surface area contributed by atoms with E-state index >= 15 is 0 Å². The Morgan fingerprint density at radius 2 is 1.73 bits per heavy atom. The van der Waals surface area contributed by atoms with Crippen molar-refractivity contribution < 1.29 is 9.30 Å². The number of hydrogen-bond donors (Lipinski definition) is 0. The van der Waals surface area contributed by atoms with Crippen LogP contribution in [0.4, 0.5) is 0 Å². The number of benzene rings is 1. The second kappa shape index (κ2) is 6.99. The van der Waals surface area contributed by atoms with Crippen molar-refractivity contribution in [2.75, 3.05) is 6.61 Å². The molecule has 2 rings (SSSR count). The predicted octanol–water partition coefficient (Wildman–Crippen LogP) is 4.13. The molecule has 0 radical (unpaired) electrons. The summed E-state index contributed by atoms with van der Waals surface area (Å²) in [5, 5.41) is 0. The average Bonchev–Trinajstić information content (AvgIpc) is 2.72. The minimum absolute atomic E-state index is 0.622. The molecule has 0 fully saturated rings. The van der Waals surface area contributed by atoms with E-state index in [9.17, 15) is 0 Å². The molecule has 0 aliphatic rings. The van der Waals surface area contributed by atoms with Crippen LogP contribution in [-0.4, -0.2) is 11.2 Å². The lowest BCUT2D eigenvalue weighted by molar-refractivity contribution is -0.696. The molecule has 1 aromatic heterocycles. The maximum atomic E-state index is 5.56. The maximum Gasteiger partial charge on any atom is 0.289 e. The van der Waals surface area contributed by atoms with E-state index in [4.69, 9.17) is 4.74 Å². The molecule has 0 unspecified atom stereocenters. The first kappa shape index (κ1) is 16.6. The third kappa shape index (κ3) is 3.18. The topological polar surface area (TPSA) is 18.0 Å². The molecule has 0 aliphatic heterocycles. The van der Waals surface area contributed by atoms with Gasteiger partial charge in [-0.2, -0.15) is 0 Å². The zero-order chi connectivity index (χ0) is 16.3. The van der Waals surface area contributed by atoms with E-state index in [1.807, 2.05) is 6.92 Å². The first-order valence-electron chi connectivity index (χ1n) is 8.32. The van der Waals surface area contributed by atoms with Crippen LogP contribution in [0.15, 0.2) is 24.3 Å². The van der Waals surface area contributed by atoms with E-state index in [1.165, 1.54) is 22.8 Å². The molecule has 0 atom stereocenters. The van der Waals surface area contributed by atoms with Gasteiger partial charge in [-0.15, -0.1) is 0 Å². The fraction of sp³-hybridized carbons (Fsp3) is 0.526. The lowest BCUT2D eigenvalue weighted by Gasteiger charge is -2.08. The molecule has 3 heteroatoms. The van der Waals surface area contributed by atoms with Gasteiger partial charge < -0.3 is 4.74 Å². The first-order chi connectivity index (χ1) is 10.5. The number of rotatable bonds is 6. The van der Waals surface area contributed by atoms with Crippen molar-refractivity contribution in [3.63, 3.8) is 0 Å².